The first-order valence-corrected chi connectivity index (χ1v) is 4.91. The van der Waals surface area contributed by atoms with Crippen molar-refractivity contribution >= 4 is 11.0 Å². The van der Waals surface area contributed by atoms with Crippen LogP contribution in [0.1, 0.15) is 5.56 Å². The molecule has 1 rings (SSSR count). The van der Waals surface area contributed by atoms with Gasteiger partial charge in [0.1, 0.15) is 11.0 Å². The Labute approximate surface area is 81.5 Å². The van der Waals surface area contributed by atoms with Crippen LogP contribution < -0.4 is 5.14 Å². The molecule has 0 spiro atoms. The van der Waals surface area contributed by atoms with E-state index in [0.29, 0.717) is 4.90 Å². The van der Waals surface area contributed by atoms with Crippen molar-refractivity contribution in [3.05, 3.63) is 29.8 Å². The molecule has 0 saturated carbocycles. The van der Waals surface area contributed by atoms with Gasteiger partial charge in [-0.1, -0.05) is 12.1 Å². The highest BCUT2D eigenvalue weighted by Gasteiger charge is 2.27. The molecule has 0 radical (unpaired) electrons. The highest BCUT2D eigenvalue weighted by Crippen LogP contribution is 2.21. The van der Waals surface area contributed by atoms with Crippen LogP contribution >= 0.6 is 0 Å². The van der Waals surface area contributed by atoms with Crippen LogP contribution in [-0.4, -0.2) is 10.4 Å². The molecule has 0 aliphatic rings. The van der Waals surface area contributed by atoms with E-state index in [1.807, 2.05) is 0 Å². The SMILES string of the molecule is NS(=O)c1ccc(CC(F)(F)F)cc1. The second-order valence-electron chi connectivity index (χ2n) is 2.73. The Balaban J connectivity index is 2.79. The maximum absolute atomic E-state index is 11.9. The Bertz CT molecular complexity index is 333. The van der Waals surface area contributed by atoms with Crippen molar-refractivity contribution in [2.75, 3.05) is 0 Å². The molecule has 0 saturated heterocycles. The molecule has 0 fully saturated rings. The van der Waals surface area contributed by atoms with Gasteiger partial charge in [0, 0.05) is 0 Å². The summed E-state index contributed by atoms with van der Waals surface area (Å²) in [5.41, 5.74) is 0.131. The zero-order valence-corrected chi connectivity index (χ0v) is 7.86. The van der Waals surface area contributed by atoms with Crippen LogP contribution in [0, 0.1) is 0 Å². The number of halogens is 3. The van der Waals surface area contributed by atoms with Crippen molar-refractivity contribution in [3.63, 3.8) is 0 Å². The average Bonchev–Trinajstić information content (AvgIpc) is 2.02. The van der Waals surface area contributed by atoms with E-state index in [9.17, 15) is 17.4 Å². The van der Waals surface area contributed by atoms with E-state index in [1.54, 1.807) is 0 Å². The summed E-state index contributed by atoms with van der Waals surface area (Å²) in [4.78, 5) is 0.316. The lowest BCUT2D eigenvalue weighted by molar-refractivity contribution is -0.127. The predicted octanol–water partition coefficient (Wildman–Crippen LogP) is 1.77. The molecule has 0 bridgehead atoms. The minimum absolute atomic E-state index is 0.131. The number of rotatable bonds is 2. The van der Waals surface area contributed by atoms with Crippen LogP contribution in [0.3, 0.4) is 0 Å². The summed E-state index contributed by atoms with van der Waals surface area (Å²) >= 11 is 0. The molecular formula is C8H8F3NOS. The van der Waals surface area contributed by atoms with Crippen LogP contribution in [0.5, 0.6) is 0 Å². The van der Waals surface area contributed by atoms with Gasteiger partial charge in [-0.15, -0.1) is 0 Å². The average molecular weight is 223 g/mol. The second-order valence-corrected chi connectivity index (χ2v) is 3.80. The molecule has 1 aromatic carbocycles. The Morgan fingerprint density at radius 1 is 1.21 bits per heavy atom. The molecular weight excluding hydrogens is 215 g/mol. The van der Waals surface area contributed by atoms with Crippen LogP contribution in [0.2, 0.25) is 0 Å². The highest BCUT2D eigenvalue weighted by atomic mass is 32.2. The quantitative estimate of drug-likeness (QED) is 0.815. The fourth-order valence-electron chi connectivity index (χ4n) is 0.973. The Hall–Kier alpha value is -0.880. The molecule has 0 aromatic heterocycles. The third-order valence-electron chi connectivity index (χ3n) is 1.56. The Morgan fingerprint density at radius 2 is 1.71 bits per heavy atom. The summed E-state index contributed by atoms with van der Waals surface area (Å²) in [7, 11) is -1.64. The van der Waals surface area contributed by atoms with Gasteiger partial charge in [0.15, 0.2) is 0 Å². The standard InChI is InChI=1S/C8H8F3NOS/c9-8(10,11)5-6-1-3-7(4-2-6)14(12)13/h1-4H,5,12H2. The van der Waals surface area contributed by atoms with Gasteiger partial charge >= 0.3 is 6.18 Å². The summed E-state index contributed by atoms with van der Waals surface area (Å²) in [6, 6.07) is 5.20. The molecule has 0 heterocycles. The topological polar surface area (TPSA) is 43.1 Å². The number of hydrogen-bond donors (Lipinski definition) is 1. The number of nitrogens with two attached hydrogens (primary N) is 1. The van der Waals surface area contributed by atoms with Gasteiger partial charge < -0.3 is 0 Å². The molecule has 1 aromatic rings. The monoisotopic (exact) mass is 223 g/mol. The Kier molecular flexibility index (Phi) is 3.28. The largest absolute Gasteiger partial charge is 0.393 e. The van der Waals surface area contributed by atoms with Crippen molar-refractivity contribution in [3.8, 4) is 0 Å². The normalized spacial score (nSPS) is 14.0. The van der Waals surface area contributed by atoms with Gasteiger partial charge in [0.2, 0.25) is 0 Å². The van der Waals surface area contributed by atoms with Gasteiger partial charge in [-0.2, -0.15) is 13.2 Å². The molecule has 2 N–H and O–H groups in total. The maximum atomic E-state index is 11.9. The molecule has 0 aliphatic heterocycles. The van der Waals surface area contributed by atoms with Gasteiger partial charge in [-0.3, -0.25) is 0 Å². The lowest BCUT2D eigenvalue weighted by Crippen LogP contribution is -2.11. The molecule has 14 heavy (non-hydrogen) atoms. The van der Waals surface area contributed by atoms with Crippen LogP contribution in [0.4, 0.5) is 13.2 Å². The second kappa shape index (κ2) is 4.10. The highest BCUT2D eigenvalue weighted by molar-refractivity contribution is 7.82. The zero-order valence-electron chi connectivity index (χ0n) is 7.04. The first kappa shape index (κ1) is 11.2. The van der Waals surface area contributed by atoms with E-state index in [2.05, 4.69) is 0 Å². The van der Waals surface area contributed by atoms with E-state index < -0.39 is 23.6 Å². The number of alkyl halides is 3. The van der Waals surface area contributed by atoms with E-state index in [-0.39, 0.29) is 5.56 Å². The Morgan fingerprint density at radius 3 is 2.07 bits per heavy atom. The van der Waals surface area contributed by atoms with E-state index >= 15 is 0 Å². The third-order valence-corrected chi connectivity index (χ3v) is 2.30. The van der Waals surface area contributed by atoms with Gasteiger partial charge in [0.05, 0.1) is 11.3 Å². The van der Waals surface area contributed by atoms with Gasteiger partial charge in [0.25, 0.3) is 0 Å². The van der Waals surface area contributed by atoms with Crippen LogP contribution in [0.25, 0.3) is 0 Å². The van der Waals surface area contributed by atoms with E-state index in [0.717, 1.165) is 0 Å². The van der Waals surface area contributed by atoms with E-state index in [4.69, 9.17) is 5.14 Å². The first-order valence-electron chi connectivity index (χ1n) is 3.70. The van der Waals surface area contributed by atoms with Crippen LogP contribution in [0.15, 0.2) is 29.2 Å². The van der Waals surface area contributed by atoms with E-state index in [1.165, 1.54) is 24.3 Å². The summed E-state index contributed by atoms with van der Waals surface area (Å²) in [5.74, 6) is 0. The molecule has 78 valence electrons. The zero-order chi connectivity index (χ0) is 10.8. The number of hydrogen-bond acceptors (Lipinski definition) is 1. The van der Waals surface area contributed by atoms with Gasteiger partial charge in [-0.05, 0) is 17.7 Å². The fraction of sp³-hybridized carbons (Fsp3) is 0.250. The lowest BCUT2D eigenvalue weighted by atomic mass is 10.1. The molecule has 1 unspecified atom stereocenters. The predicted molar refractivity (Wildman–Crippen MR) is 46.8 cm³/mol. The van der Waals surface area contributed by atoms with Crippen LogP contribution in [-0.2, 0) is 17.4 Å². The summed E-state index contributed by atoms with van der Waals surface area (Å²) < 4.78 is 46.5. The minimum atomic E-state index is -4.22. The smallest absolute Gasteiger partial charge is 0.248 e. The third kappa shape index (κ3) is 3.47. The van der Waals surface area contributed by atoms with Crippen molar-refractivity contribution in [2.45, 2.75) is 17.5 Å². The van der Waals surface area contributed by atoms with Crippen molar-refractivity contribution in [2.24, 2.45) is 5.14 Å². The first-order chi connectivity index (χ1) is 6.38. The fourth-order valence-corrected chi connectivity index (χ4v) is 1.38. The molecule has 6 heteroatoms. The van der Waals surface area contributed by atoms with Crippen molar-refractivity contribution in [1.82, 2.24) is 0 Å². The van der Waals surface area contributed by atoms with Crippen molar-refractivity contribution in [1.29, 1.82) is 0 Å². The minimum Gasteiger partial charge on any atom is -0.248 e. The summed E-state index contributed by atoms with van der Waals surface area (Å²) in [5, 5.41) is 5.04. The molecule has 1 atom stereocenters. The van der Waals surface area contributed by atoms with Gasteiger partial charge in [-0.25, -0.2) is 9.35 Å². The molecule has 2 nitrogen and oxygen atoms in total. The maximum Gasteiger partial charge on any atom is 0.393 e. The van der Waals surface area contributed by atoms with Crippen molar-refractivity contribution < 1.29 is 17.4 Å². The molecule has 0 amide bonds. The summed E-state index contributed by atoms with van der Waals surface area (Å²) in [6.45, 7) is 0. The number of benzene rings is 1. The lowest BCUT2D eigenvalue weighted by Gasteiger charge is -2.06. The summed E-state index contributed by atoms with van der Waals surface area (Å²) in [6.07, 6.45) is -5.20. The molecule has 0 aliphatic carbocycles.